The van der Waals surface area contributed by atoms with Gasteiger partial charge in [-0.1, -0.05) is 29.8 Å². The van der Waals surface area contributed by atoms with Gasteiger partial charge in [-0.3, -0.25) is 0 Å². The Balaban J connectivity index is 2.49. The van der Waals surface area contributed by atoms with Gasteiger partial charge in [0.1, 0.15) is 5.82 Å². The lowest BCUT2D eigenvalue weighted by Crippen LogP contribution is -2.06. The second-order valence-electron chi connectivity index (χ2n) is 4.49. The van der Waals surface area contributed by atoms with Crippen LogP contribution < -0.4 is 5.32 Å². The molecule has 0 saturated carbocycles. The summed E-state index contributed by atoms with van der Waals surface area (Å²) < 4.78 is 6.06. The summed E-state index contributed by atoms with van der Waals surface area (Å²) in [6.07, 6.45) is 0. The summed E-state index contributed by atoms with van der Waals surface area (Å²) in [7, 11) is 1.66. The molecular formula is C15H18BrN3O. The van der Waals surface area contributed by atoms with Crippen LogP contribution in [0.4, 0.5) is 5.82 Å². The maximum atomic E-state index is 5.20. The van der Waals surface area contributed by atoms with Crippen LogP contribution in [-0.4, -0.2) is 23.6 Å². The number of nitrogens with one attached hydrogen (secondary N) is 1. The lowest BCUT2D eigenvalue weighted by atomic mass is 10.1. The summed E-state index contributed by atoms with van der Waals surface area (Å²) in [5, 5.41) is 3.24. The summed E-state index contributed by atoms with van der Waals surface area (Å²) in [6.45, 7) is 5.35. The van der Waals surface area contributed by atoms with Crippen molar-refractivity contribution in [2.45, 2.75) is 20.5 Å². The van der Waals surface area contributed by atoms with Crippen molar-refractivity contribution in [2.75, 3.05) is 19.0 Å². The molecule has 0 aliphatic rings. The van der Waals surface area contributed by atoms with Crippen LogP contribution in [0.15, 0.2) is 28.7 Å². The normalized spacial score (nSPS) is 10.6. The second kappa shape index (κ2) is 6.81. The molecule has 0 spiro atoms. The third-order valence-corrected chi connectivity index (χ3v) is 3.69. The number of aromatic nitrogens is 2. The summed E-state index contributed by atoms with van der Waals surface area (Å²) in [4.78, 5) is 9.16. The second-order valence-corrected chi connectivity index (χ2v) is 5.28. The van der Waals surface area contributed by atoms with Gasteiger partial charge in [0.15, 0.2) is 5.82 Å². The molecule has 1 heterocycles. The van der Waals surface area contributed by atoms with E-state index in [1.807, 2.05) is 19.1 Å². The SMILES string of the molecule is CCNc1nc(-c2ccc(C)cc2)nc(COC)c1Br. The Morgan fingerprint density at radius 2 is 1.90 bits per heavy atom. The molecule has 1 aromatic carbocycles. The molecule has 0 atom stereocenters. The molecule has 2 aromatic rings. The molecule has 0 amide bonds. The van der Waals surface area contributed by atoms with Crippen LogP contribution in [0, 0.1) is 6.92 Å². The van der Waals surface area contributed by atoms with E-state index in [1.54, 1.807) is 7.11 Å². The third kappa shape index (κ3) is 3.35. The fraction of sp³-hybridized carbons (Fsp3) is 0.333. The molecular weight excluding hydrogens is 318 g/mol. The number of anilines is 1. The largest absolute Gasteiger partial charge is 0.378 e. The van der Waals surface area contributed by atoms with Crippen molar-refractivity contribution in [3.8, 4) is 11.4 Å². The number of methoxy groups -OCH3 is 1. The molecule has 1 N–H and O–H groups in total. The highest BCUT2D eigenvalue weighted by Gasteiger charge is 2.13. The minimum Gasteiger partial charge on any atom is -0.378 e. The Hall–Kier alpha value is -1.46. The number of rotatable bonds is 5. The third-order valence-electron chi connectivity index (χ3n) is 2.85. The highest BCUT2D eigenvalue weighted by molar-refractivity contribution is 9.10. The molecule has 0 unspecified atom stereocenters. The standard InChI is InChI=1S/C15H18BrN3O/c1-4-17-15-13(16)12(9-20-3)18-14(19-15)11-7-5-10(2)6-8-11/h5-8H,4,9H2,1-3H3,(H,17,18,19). The van der Waals surface area contributed by atoms with Crippen molar-refractivity contribution in [1.29, 1.82) is 0 Å². The van der Waals surface area contributed by atoms with Gasteiger partial charge in [-0.15, -0.1) is 0 Å². The molecule has 4 nitrogen and oxygen atoms in total. The predicted molar refractivity (Wildman–Crippen MR) is 84.8 cm³/mol. The summed E-state index contributed by atoms with van der Waals surface area (Å²) in [5.41, 5.74) is 3.06. The maximum Gasteiger partial charge on any atom is 0.161 e. The molecule has 0 aliphatic carbocycles. The first-order chi connectivity index (χ1) is 9.65. The van der Waals surface area contributed by atoms with Crippen molar-refractivity contribution in [3.63, 3.8) is 0 Å². The van der Waals surface area contributed by atoms with Crippen LogP contribution in [0.1, 0.15) is 18.2 Å². The Morgan fingerprint density at radius 3 is 2.50 bits per heavy atom. The minimum atomic E-state index is 0.445. The average molecular weight is 336 g/mol. The monoisotopic (exact) mass is 335 g/mol. The van der Waals surface area contributed by atoms with Gasteiger partial charge >= 0.3 is 0 Å². The number of aryl methyl sites for hydroxylation is 1. The van der Waals surface area contributed by atoms with Crippen molar-refractivity contribution >= 4 is 21.7 Å². The molecule has 1 aromatic heterocycles. The number of hydrogen-bond donors (Lipinski definition) is 1. The van der Waals surface area contributed by atoms with E-state index in [0.717, 1.165) is 28.1 Å². The van der Waals surface area contributed by atoms with Gasteiger partial charge in [-0.25, -0.2) is 9.97 Å². The van der Waals surface area contributed by atoms with E-state index in [9.17, 15) is 0 Å². The van der Waals surface area contributed by atoms with Gasteiger partial charge in [0.2, 0.25) is 0 Å². The van der Waals surface area contributed by atoms with Crippen LogP contribution in [0.5, 0.6) is 0 Å². The first-order valence-electron chi connectivity index (χ1n) is 6.52. The van der Waals surface area contributed by atoms with Crippen molar-refractivity contribution in [2.24, 2.45) is 0 Å². The van der Waals surface area contributed by atoms with Gasteiger partial charge in [0.25, 0.3) is 0 Å². The molecule has 2 rings (SSSR count). The van der Waals surface area contributed by atoms with Crippen LogP contribution in [-0.2, 0) is 11.3 Å². The van der Waals surface area contributed by atoms with E-state index >= 15 is 0 Å². The number of benzene rings is 1. The van der Waals surface area contributed by atoms with E-state index in [-0.39, 0.29) is 0 Å². The highest BCUT2D eigenvalue weighted by Crippen LogP contribution is 2.27. The molecule has 0 saturated heterocycles. The predicted octanol–water partition coefficient (Wildman–Crippen LogP) is 3.79. The molecule has 5 heteroatoms. The van der Waals surface area contributed by atoms with Crippen LogP contribution >= 0.6 is 15.9 Å². The van der Waals surface area contributed by atoms with E-state index in [2.05, 4.69) is 50.3 Å². The minimum absolute atomic E-state index is 0.445. The molecule has 0 fully saturated rings. The Morgan fingerprint density at radius 1 is 1.20 bits per heavy atom. The first-order valence-corrected chi connectivity index (χ1v) is 7.31. The molecule has 0 bridgehead atoms. The topological polar surface area (TPSA) is 47.0 Å². The first kappa shape index (κ1) is 14.9. The van der Waals surface area contributed by atoms with Gasteiger partial charge in [0, 0.05) is 19.2 Å². The van der Waals surface area contributed by atoms with Gasteiger partial charge in [-0.05, 0) is 29.8 Å². The van der Waals surface area contributed by atoms with Crippen molar-refractivity contribution < 1.29 is 4.74 Å². The zero-order chi connectivity index (χ0) is 14.5. The highest BCUT2D eigenvalue weighted by atomic mass is 79.9. The van der Waals surface area contributed by atoms with E-state index in [4.69, 9.17) is 4.74 Å². The van der Waals surface area contributed by atoms with Crippen molar-refractivity contribution in [1.82, 2.24) is 9.97 Å². The zero-order valence-corrected chi connectivity index (χ0v) is 13.5. The molecule has 0 radical (unpaired) electrons. The summed E-state index contributed by atoms with van der Waals surface area (Å²) in [6, 6.07) is 8.18. The molecule has 20 heavy (non-hydrogen) atoms. The molecule has 0 aliphatic heterocycles. The Labute approximate surface area is 127 Å². The zero-order valence-electron chi connectivity index (χ0n) is 11.9. The number of halogens is 1. The number of nitrogens with zero attached hydrogens (tertiary/aromatic N) is 2. The maximum absolute atomic E-state index is 5.20. The number of hydrogen-bond acceptors (Lipinski definition) is 4. The van der Waals surface area contributed by atoms with E-state index in [0.29, 0.717) is 12.4 Å². The van der Waals surface area contributed by atoms with Gasteiger partial charge in [-0.2, -0.15) is 0 Å². The van der Waals surface area contributed by atoms with Gasteiger partial charge < -0.3 is 10.1 Å². The summed E-state index contributed by atoms with van der Waals surface area (Å²) in [5.74, 6) is 1.50. The van der Waals surface area contributed by atoms with E-state index < -0.39 is 0 Å². The van der Waals surface area contributed by atoms with Gasteiger partial charge in [0.05, 0.1) is 16.8 Å². The molecule has 106 valence electrons. The van der Waals surface area contributed by atoms with Crippen LogP contribution in [0.3, 0.4) is 0 Å². The Kier molecular flexibility index (Phi) is 5.09. The number of ether oxygens (including phenoxy) is 1. The lowest BCUT2D eigenvalue weighted by molar-refractivity contribution is 0.181. The van der Waals surface area contributed by atoms with E-state index in [1.165, 1.54) is 5.56 Å². The fourth-order valence-corrected chi connectivity index (χ4v) is 2.27. The smallest absolute Gasteiger partial charge is 0.161 e. The van der Waals surface area contributed by atoms with Crippen LogP contribution in [0.25, 0.3) is 11.4 Å². The quantitative estimate of drug-likeness (QED) is 0.902. The van der Waals surface area contributed by atoms with Crippen LogP contribution in [0.2, 0.25) is 0 Å². The lowest BCUT2D eigenvalue weighted by Gasteiger charge is -2.12. The average Bonchev–Trinajstić information content (AvgIpc) is 2.44. The summed E-state index contributed by atoms with van der Waals surface area (Å²) >= 11 is 3.53. The Bertz CT molecular complexity index is 557. The fourth-order valence-electron chi connectivity index (χ4n) is 1.84. The van der Waals surface area contributed by atoms with Crippen molar-refractivity contribution in [3.05, 3.63) is 40.0 Å².